The van der Waals surface area contributed by atoms with E-state index < -0.39 is 0 Å². The van der Waals surface area contributed by atoms with E-state index in [2.05, 4.69) is 24.0 Å². The summed E-state index contributed by atoms with van der Waals surface area (Å²) in [6.07, 6.45) is 5.91. The van der Waals surface area contributed by atoms with Crippen molar-refractivity contribution >= 4 is 0 Å². The fraction of sp³-hybridized carbons (Fsp3) is 0.455. The second-order valence-corrected chi connectivity index (χ2v) is 4.36. The van der Waals surface area contributed by atoms with Gasteiger partial charge in [-0.2, -0.15) is 10.2 Å². The van der Waals surface area contributed by atoms with Crippen molar-refractivity contribution in [2.75, 3.05) is 0 Å². The molecule has 0 aromatic carbocycles. The Labute approximate surface area is 89.5 Å². The minimum Gasteiger partial charge on any atom is -0.275 e. The Hall–Kier alpha value is -1.58. The van der Waals surface area contributed by atoms with E-state index in [0.717, 1.165) is 11.3 Å². The molecule has 0 atom stereocenters. The molecule has 0 aliphatic carbocycles. The summed E-state index contributed by atoms with van der Waals surface area (Å²) < 4.78 is 3.78. The third-order valence-corrected chi connectivity index (χ3v) is 2.71. The molecule has 0 unspecified atom stereocenters. The summed E-state index contributed by atoms with van der Waals surface area (Å²) in [6, 6.07) is 2.01. The molecule has 4 heteroatoms. The van der Waals surface area contributed by atoms with Crippen LogP contribution in [0.1, 0.15) is 25.1 Å². The molecule has 0 aliphatic rings. The van der Waals surface area contributed by atoms with Crippen molar-refractivity contribution in [2.24, 2.45) is 7.05 Å². The molecule has 4 nitrogen and oxygen atoms in total. The van der Waals surface area contributed by atoms with Gasteiger partial charge in [-0.25, -0.2) is 0 Å². The van der Waals surface area contributed by atoms with Gasteiger partial charge in [-0.3, -0.25) is 9.36 Å². The quantitative estimate of drug-likeness (QED) is 0.746. The minimum absolute atomic E-state index is 0.150. The Bertz CT molecular complexity index is 422. The molecule has 0 saturated carbocycles. The van der Waals surface area contributed by atoms with Gasteiger partial charge in [0.25, 0.3) is 0 Å². The van der Waals surface area contributed by atoms with Gasteiger partial charge in [0.1, 0.15) is 0 Å². The standard InChI is InChI=1S/C11H16N4/c1-9-5-6-15(13-9)11(2,3)10-7-12-14(4)8-10/h5-8H,1-4H3. The Balaban J connectivity index is 2.42. The first kappa shape index (κ1) is 9.96. The maximum atomic E-state index is 4.45. The highest BCUT2D eigenvalue weighted by atomic mass is 15.3. The van der Waals surface area contributed by atoms with Crippen molar-refractivity contribution in [1.82, 2.24) is 19.6 Å². The Morgan fingerprint density at radius 2 is 2.07 bits per heavy atom. The first-order chi connectivity index (χ1) is 7.00. The molecule has 0 spiro atoms. The third kappa shape index (κ3) is 1.67. The van der Waals surface area contributed by atoms with E-state index in [9.17, 15) is 0 Å². The van der Waals surface area contributed by atoms with E-state index in [4.69, 9.17) is 0 Å². The SMILES string of the molecule is Cc1ccn(C(C)(C)c2cnn(C)c2)n1. The number of rotatable bonds is 2. The van der Waals surface area contributed by atoms with E-state index in [1.54, 1.807) is 0 Å². The predicted molar refractivity (Wildman–Crippen MR) is 58.6 cm³/mol. The summed E-state index contributed by atoms with van der Waals surface area (Å²) in [5, 5.41) is 8.64. The van der Waals surface area contributed by atoms with Gasteiger partial charge in [-0.15, -0.1) is 0 Å². The van der Waals surface area contributed by atoms with E-state index in [1.807, 2.05) is 48.0 Å². The van der Waals surface area contributed by atoms with Crippen molar-refractivity contribution in [3.05, 3.63) is 35.9 Å². The fourth-order valence-corrected chi connectivity index (χ4v) is 1.60. The van der Waals surface area contributed by atoms with Gasteiger partial charge < -0.3 is 0 Å². The lowest BCUT2D eigenvalue weighted by molar-refractivity contribution is 0.388. The monoisotopic (exact) mass is 204 g/mol. The maximum Gasteiger partial charge on any atom is 0.0850 e. The smallest absolute Gasteiger partial charge is 0.0850 e. The largest absolute Gasteiger partial charge is 0.275 e. The van der Waals surface area contributed by atoms with E-state index in [-0.39, 0.29) is 5.54 Å². The zero-order chi connectivity index (χ0) is 11.1. The molecule has 0 fully saturated rings. The van der Waals surface area contributed by atoms with Gasteiger partial charge >= 0.3 is 0 Å². The molecule has 0 N–H and O–H groups in total. The highest BCUT2D eigenvalue weighted by Crippen LogP contribution is 2.23. The number of aryl methyl sites for hydroxylation is 2. The van der Waals surface area contributed by atoms with Crippen molar-refractivity contribution in [2.45, 2.75) is 26.3 Å². The lowest BCUT2D eigenvalue weighted by atomic mass is 9.98. The molecular formula is C11H16N4. The second-order valence-electron chi connectivity index (χ2n) is 4.36. The van der Waals surface area contributed by atoms with Gasteiger partial charge in [0.15, 0.2) is 0 Å². The Kier molecular flexibility index (Phi) is 2.14. The highest BCUT2D eigenvalue weighted by Gasteiger charge is 2.24. The lowest BCUT2D eigenvalue weighted by Gasteiger charge is -2.23. The van der Waals surface area contributed by atoms with Crippen molar-refractivity contribution in [3.8, 4) is 0 Å². The maximum absolute atomic E-state index is 4.45. The topological polar surface area (TPSA) is 35.6 Å². The number of aromatic nitrogens is 4. The summed E-state index contributed by atoms with van der Waals surface area (Å²) in [5.74, 6) is 0. The van der Waals surface area contributed by atoms with Crippen molar-refractivity contribution in [3.63, 3.8) is 0 Å². The van der Waals surface area contributed by atoms with Gasteiger partial charge in [-0.05, 0) is 26.8 Å². The van der Waals surface area contributed by atoms with Gasteiger partial charge in [-0.1, -0.05) is 0 Å². The number of nitrogens with zero attached hydrogens (tertiary/aromatic N) is 4. The summed E-state index contributed by atoms with van der Waals surface area (Å²) in [4.78, 5) is 0. The van der Waals surface area contributed by atoms with Crippen molar-refractivity contribution in [1.29, 1.82) is 0 Å². The van der Waals surface area contributed by atoms with Crippen LogP contribution in [0, 0.1) is 6.92 Å². The predicted octanol–water partition coefficient (Wildman–Crippen LogP) is 1.71. The van der Waals surface area contributed by atoms with Crippen LogP contribution in [-0.4, -0.2) is 19.6 Å². The molecule has 2 aromatic heterocycles. The molecule has 2 heterocycles. The van der Waals surface area contributed by atoms with Crippen LogP contribution in [0.3, 0.4) is 0 Å². The molecule has 0 bridgehead atoms. The molecule has 0 amide bonds. The van der Waals surface area contributed by atoms with Crippen LogP contribution in [-0.2, 0) is 12.6 Å². The number of hydrogen-bond donors (Lipinski definition) is 0. The lowest BCUT2D eigenvalue weighted by Crippen LogP contribution is -2.27. The first-order valence-corrected chi connectivity index (χ1v) is 5.02. The fourth-order valence-electron chi connectivity index (χ4n) is 1.60. The normalized spacial score (nSPS) is 12.0. The van der Waals surface area contributed by atoms with E-state index in [1.165, 1.54) is 0 Å². The van der Waals surface area contributed by atoms with Crippen LogP contribution in [0.4, 0.5) is 0 Å². The van der Waals surface area contributed by atoms with Crippen LogP contribution in [0.15, 0.2) is 24.7 Å². The summed E-state index contributed by atoms with van der Waals surface area (Å²) in [5.41, 5.74) is 2.04. The van der Waals surface area contributed by atoms with Crippen molar-refractivity contribution < 1.29 is 0 Å². The highest BCUT2D eigenvalue weighted by molar-refractivity contribution is 5.17. The van der Waals surface area contributed by atoms with Crippen LogP contribution >= 0.6 is 0 Å². The minimum atomic E-state index is -0.150. The van der Waals surface area contributed by atoms with E-state index >= 15 is 0 Å². The Morgan fingerprint density at radius 3 is 2.53 bits per heavy atom. The molecule has 15 heavy (non-hydrogen) atoms. The molecular weight excluding hydrogens is 188 g/mol. The zero-order valence-electron chi connectivity index (χ0n) is 9.60. The average Bonchev–Trinajstić information content (AvgIpc) is 2.74. The van der Waals surface area contributed by atoms with Crippen LogP contribution < -0.4 is 0 Å². The summed E-state index contributed by atoms with van der Waals surface area (Å²) in [6.45, 7) is 6.27. The van der Waals surface area contributed by atoms with Gasteiger partial charge in [0, 0.05) is 25.0 Å². The van der Waals surface area contributed by atoms with Crippen LogP contribution in [0.2, 0.25) is 0 Å². The molecule has 2 aromatic rings. The van der Waals surface area contributed by atoms with Gasteiger partial charge in [0.2, 0.25) is 0 Å². The molecule has 80 valence electrons. The molecule has 2 rings (SSSR count). The zero-order valence-corrected chi connectivity index (χ0v) is 9.60. The molecule has 0 saturated heterocycles. The molecule has 0 aliphatic heterocycles. The first-order valence-electron chi connectivity index (χ1n) is 5.02. The van der Waals surface area contributed by atoms with E-state index in [0.29, 0.717) is 0 Å². The molecule has 0 radical (unpaired) electrons. The van der Waals surface area contributed by atoms with Gasteiger partial charge in [0.05, 0.1) is 17.4 Å². The Morgan fingerprint density at radius 1 is 1.33 bits per heavy atom. The third-order valence-electron chi connectivity index (χ3n) is 2.71. The summed E-state index contributed by atoms with van der Waals surface area (Å²) >= 11 is 0. The number of hydrogen-bond acceptors (Lipinski definition) is 2. The van der Waals surface area contributed by atoms with Crippen LogP contribution in [0.5, 0.6) is 0 Å². The summed E-state index contributed by atoms with van der Waals surface area (Å²) in [7, 11) is 1.92. The average molecular weight is 204 g/mol. The van der Waals surface area contributed by atoms with Crippen LogP contribution in [0.25, 0.3) is 0 Å². The second kappa shape index (κ2) is 3.22.